The molecule has 122 valence electrons. The summed E-state index contributed by atoms with van der Waals surface area (Å²) in [5.41, 5.74) is 2.23. The van der Waals surface area contributed by atoms with E-state index >= 15 is 0 Å². The molecule has 0 saturated carbocycles. The average molecular weight is 323 g/mol. The molecule has 1 N–H and O–H groups in total. The molecule has 3 aromatic rings. The predicted octanol–water partition coefficient (Wildman–Crippen LogP) is 3.45. The minimum absolute atomic E-state index is 0.0301. The molecule has 6 heteroatoms. The predicted molar refractivity (Wildman–Crippen MR) is 86.3 cm³/mol. The number of fused-ring (bicyclic) bond motifs is 1. The minimum Gasteiger partial charge on any atom is -0.469 e. The Balaban J connectivity index is 1.62. The number of hydrogen-bond acceptors (Lipinski definition) is 5. The topological polar surface area (TPSA) is 81.2 Å². The second-order valence-corrected chi connectivity index (χ2v) is 5.91. The van der Waals surface area contributed by atoms with Crippen LogP contribution in [-0.4, -0.2) is 16.0 Å². The lowest BCUT2D eigenvalue weighted by Crippen LogP contribution is -2.30. The molecule has 4 rings (SSSR count). The first-order chi connectivity index (χ1) is 11.7. The monoisotopic (exact) mass is 323 g/mol. The first-order valence-corrected chi connectivity index (χ1v) is 7.99. The molecular formula is C18H17N3O3. The lowest BCUT2D eigenvalue weighted by atomic mass is 9.93. The number of benzene rings is 1. The molecular weight excluding hydrogens is 306 g/mol. The summed E-state index contributed by atoms with van der Waals surface area (Å²) in [4.78, 5) is 17.0. The summed E-state index contributed by atoms with van der Waals surface area (Å²) in [6.45, 7) is 1.75. The lowest BCUT2D eigenvalue weighted by molar-refractivity contribution is 0.0932. The van der Waals surface area contributed by atoms with Crippen LogP contribution in [0.1, 0.15) is 46.4 Å². The fourth-order valence-electron chi connectivity index (χ4n) is 3.15. The van der Waals surface area contributed by atoms with Crippen LogP contribution in [0.3, 0.4) is 0 Å². The summed E-state index contributed by atoms with van der Waals surface area (Å²) in [6, 6.07) is 9.16. The van der Waals surface area contributed by atoms with Crippen LogP contribution in [0.5, 0.6) is 0 Å². The van der Waals surface area contributed by atoms with Crippen molar-refractivity contribution in [1.29, 1.82) is 0 Å². The molecule has 1 unspecified atom stereocenters. The van der Waals surface area contributed by atoms with Crippen LogP contribution in [0.25, 0.3) is 11.5 Å². The third kappa shape index (κ3) is 2.60. The fraction of sp³-hybridized carbons (Fsp3) is 0.278. The van der Waals surface area contributed by atoms with Gasteiger partial charge in [-0.25, -0.2) is 0 Å². The van der Waals surface area contributed by atoms with E-state index in [4.69, 9.17) is 8.94 Å². The van der Waals surface area contributed by atoms with Crippen LogP contribution in [0, 0.1) is 6.92 Å². The van der Waals surface area contributed by atoms with Crippen molar-refractivity contribution in [2.45, 2.75) is 32.2 Å². The number of furan rings is 1. The molecule has 2 heterocycles. The van der Waals surface area contributed by atoms with E-state index in [1.165, 1.54) is 0 Å². The van der Waals surface area contributed by atoms with Gasteiger partial charge in [-0.1, -0.05) is 17.3 Å². The van der Waals surface area contributed by atoms with Crippen molar-refractivity contribution in [3.8, 4) is 11.5 Å². The highest BCUT2D eigenvalue weighted by molar-refractivity contribution is 6.00. The Morgan fingerprint density at radius 1 is 1.29 bits per heavy atom. The normalized spacial score (nSPS) is 16.6. The zero-order chi connectivity index (χ0) is 16.5. The molecule has 0 fully saturated rings. The van der Waals surface area contributed by atoms with Crippen molar-refractivity contribution < 1.29 is 13.7 Å². The molecule has 1 aliphatic carbocycles. The molecule has 1 aliphatic rings. The number of nitrogens with one attached hydrogen (secondary N) is 1. The van der Waals surface area contributed by atoms with Gasteiger partial charge in [0.15, 0.2) is 5.82 Å². The molecule has 0 aliphatic heterocycles. The van der Waals surface area contributed by atoms with Gasteiger partial charge in [0, 0.05) is 12.0 Å². The molecule has 0 radical (unpaired) electrons. The number of rotatable bonds is 3. The molecule has 0 saturated heterocycles. The Hall–Kier alpha value is -2.89. The van der Waals surface area contributed by atoms with Gasteiger partial charge in [0.2, 0.25) is 0 Å². The van der Waals surface area contributed by atoms with Gasteiger partial charge in [-0.05, 0) is 38.0 Å². The quantitative estimate of drug-likeness (QED) is 0.798. The summed E-state index contributed by atoms with van der Waals surface area (Å²) in [5, 5.41) is 6.91. The van der Waals surface area contributed by atoms with E-state index in [0.717, 1.165) is 30.6 Å². The number of carbonyl (C=O) groups excluding carboxylic acids is 1. The molecule has 6 nitrogen and oxygen atoms in total. The molecule has 2 aromatic heterocycles. The van der Waals surface area contributed by atoms with Crippen molar-refractivity contribution in [2.24, 2.45) is 0 Å². The summed E-state index contributed by atoms with van der Waals surface area (Å²) in [5.74, 6) is 1.70. The summed E-state index contributed by atoms with van der Waals surface area (Å²) in [7, 11) is 0. The zero-order valence-electron chi connectivity index (χ0n) is 13.3. The maximum atomic E-state index is 12.8. The number of hydrogen-bond donors (Lipinski definition) is 1. The average Bonchev–Trinajstić information content (AvgIpc) is 3.24. The first kappa shape index (κ1) is 14.7. The van der Waals surface area contributed by atoms with Crippen molar-refractivity contribution in [3.05, 3.63) is 59.3 Å². The molecule has 1 amide bonds. The van der Waals surface area contributed by atoms with Crippen LogP contribution in [-0.2, 0) is 6.42 Å². The molecule has 1 atom stereocenters. The maximum Gasteiger partial charge on any atom is 0.258 e. The first-order valence-electron chi connectivity index (χ1n) is 7.99. The van der Waals surface area contributed by atoms with Gasteiger partial charge in [-0.15, -0.1) is 0 Å². The number of aryl methyl sites for hydroxylation is 2. The van der Waals surface area contributed by atoms with Gasteiger partial charge in [-0.2, -0.15) is 4.98 Å². The van der Waals surface area contributed by atoms with E-state index in [2.05, 4.69) is 15.5 Å². The van der Waals surface area contributed by atoms with E-state index in [9.17, 15) is 4.79 Å². The van der Waals surface area contributed by atoms with Gasteiger partial charge in [0.05, 0.1) is 23.4 Å². The third-order valence-electron chi connectivity index (χ3n) is 4.29. The highest BCUT2D eigenvalue weighted by Gasteiger charge is 2.25. The van der Waals surface area contributed by atoms with E-state index in [1.54, 1.807) is 19.3 Å². The second kappa shape index (κ2) is 5.96. The van der Waals surface area contributed by atoms with Crippen LogP contribution in [0.15, 0.2) is 45.5 Å². The Kier molecular flexibility index (Phi) is 3.65. The Morgan fingerprint density at radius 2 is 2.17 bits per heavy atom. The van der Waals surface area contributed by atoms with Gasteiger partial charge in [0.25, 0.3) is 11.8 Å². The number of aromatic nitrogens is 2. The smallest absolute Gasteiger partial charge is 0.258 e. The third-order valence-corrected chi connectivity index (χ3v) is 4.29. The summed E-state index contributed by atoms with van der Waals surface area (Å²) >= 11 is 0. The van der Waals surface area contributed by atoms with E-state index < -0.39 is 0 Å². The van der Waals surface area contributed by atoms with Gasteiger partial charge < -0.3 is 14.3 Å². The minimum atomic E-state index is -0.152. The highest BCUT2D eigenvalue weighted by Crippen LogP contribution is 2.31. The van der Waals surface area contributed by atoms with E-state index in [-0.39, 0.29) is 11.9 Å². The molecule has 0 bridgehead atoms. The summed E-state index contributed by atoms with van der Waals surface area (Å²) < 4.78 is 10.7. The second-order valence-electron chi connectivity index (χ2n) is 5.91. The largest absolute Gasteiger partial charge is 0.469 e. The van der Waals surface area contributed by atoms with Crippen molar-refractivity contribution >= 4 is 5.91 Å². The summed E-state index contributed by atoms with van der Waals surface area (Å²) in [6.07, 6.45) is 4.51. The van der Waals surface area contributed by atoms with Crippen LogP contribution in [0.4, 0.5) is 0 Å². The standard InChI is InChI=1S/C18H17N3O3/c1-11-19-18(24-21-11)13-6-3-2-5-12(13)17(22)20-15-7-4-8-16-14(15)9-10-23-16/h2-3,5-6,9-10,15H,4,7-8H2,1H3,(H,20,22). The Bertz CT molecular complexity index is 881. The lowest BCUT2D eigenvalue weighted by Gasteiger charge is -2.23. The Morgan fingerprint density at radius 3 is 3.00 bits per heavy atom. The van der Waals surface area contributed by atoms with Crippen LogP contribution in [0.2, 0.25) is 0 Å². The molecule has 0 spiro atoms. The zero-order valence-corrected chi connectivity index (χ0v) is 13.3. The highest BCUT2D eigenvalue weighted by atomic mass is 16.5. The van der Waals surface area contributed by atoms with Crippen molar-refractivity contribution in [3.63, 3.8) is 0 Å². The SMILES string of the molecule is Cc1noc(-c2ccccc2C(=O)NC2CCCc3occc32)n1. The van der Waals surface area contributed by atoms with Crippen LogP contribution >= 0.6 is 0 Å². The van der Waals surface area contributed by atoms with E-state index in [1.807, 2.05) is 24.3 Å². The number of carbonyl (C=O) groups is 1. The van der Waals surface area contributed by atoms with Gasteiger partial charge >= 0.3 is 0 Å². The van der Waals surface area contributed by atoms with Gasteiger partial charge in [-0.3, -0.25) is 4.79 Å². The van der Waals surface area contributed by atoms with Gasteiger partial charge in [0.1, 0.15) is 5.76 Å². The van der Waals surface area contributed by atoms with Crippen LogP contribution < -0.4 is 5.32 Å². The fourth-order valence-corrected chi connectivity index (χ4v) is 3.15. The number of nitrogens with zero attached hydrogens (tertiary/aromatic N) is 2. The molecule has 1 aromatic carbocycles. The maximum absolute atomic E-state index is 12.8. The van der Waals surface area contributed by atoms with Crippen molar-refractivity contribution in [1.82, 2.24) is 15.5 Å². The number of amides is 1. The van der Waals surface area contributed by atoms with Crippen molar-refractivity contribution in [2.75, 3.05) is 0 Å². The van der Waals surface area contributed by atoms with E-state index in [0.29, 0.717) is 22.8 Å². The molecule has 24 heavy (non-hydrogen) atoms. The Labute approximate surface area is 138 Å².